The molecule has 2 rings (SSSR count). The van der Waals surface area contributed by atoms with Crippen LogP contribution in [0.5, 0.6) is 0 Å². The first-order valence-electron chi connectivity index (χ1n) is 10.7. The molecule has 0 aliphatic carbocycles. The number of unbranched alkanes of at least 4 members (excludes halogenated alkanes) is 1. The minimum absolute atomic E-state index is 0.321. The Hall–Kier alpha value is -0.0500. The lowest BCUT2D eigenvalue weighted by atomic mass is 10.2. The van der Waals surface area contributed by atoms with E-state index in [0.29, 0.717) is 16.6 Å². The van der Waals surface area contributed by atoms with Crippen LogP contribution in [-0.4, -0.2) is 68.6 Å². The number of nitrogens with zero attached hydrogens (tertiary/aromatic N) is 1. The van der Waals surface area contributed by atoms with Crippen LogP contribution in [0.25, 0.3) is 0 Å². The molecule has 1 aromatic carbocycles. The zero-order chi connectivity index (χ0) is 21.9. The van der Waals surface area contributed by atoms with Crippen LogP contribution in [0.3, 0.4) is 0 Å². The van der Waals surface area contributed by atoms with Crippen molar-refractivity contribution in [2.45, 2.75) is 51.5 Å². The maximum atomic E-state index is 10.0. The first-order chi connectivity index (χ1) is 14.1. The molecule has 0 radical (unpaired) electrons. The van der Waals surface area contributed by atoms with E-state index in [1.807, 2.05) is 39.8 Å². The Bertz CT molecular complexity index is 507. The molecule has 3 N–H and O–H groups in total. The summed E-state index contributed by atoms with van der Waals surface area (Å²) in [7, 11) is 0. The number of aliphatic hydroxyl groups excluding tert-OH is 1. The Morgan fingerprint density at radius 3 is 2.41 bits per heavy atom. The fourth-order valence-corrected chi connectivity index (χ4v) is 3.77. The van der Waals surface area contributed by atoms with Gasteiger partial charge in [-0.15, -0.1) is 0 Å². The lowest BCUT2D eigenvalue weighted by molar-refractivity contribution is 0.0149. The van der Waals surface area contributed by atoms with Crippen LogP contribution in [0, 0.1) is 0 Å². The molecule has 5 nitrogen and oxygen atoms in total. The van der Waals surface area contributed by atoms with Crippen LogP contribution in [0.1, 0.15) is 40.5 Å². The zero-order valence-corrected chi connectivity index (χ0v) is 20.7. The number of hydrogen-bond acceptors (Lipinski definition) is 6. The van der Waals surface area contributed by atoms with E-state index in [-0.39, 0.29) is 6.10 Å². The van der Waals surface area contributed by atoms with Crippen molar-refractivity contribution in [2.75, 3.05) is 52.5 Å². The monoisotopic (exact) mass is 467 g/mol. The van der Waals surface area contributed by atoms with Crippen molar-refractivity contribution in [3.05, 3.63) is 28.2 Å². The molecule has 170 valence electrons. The van der Waals surface area contributed by atoms with Gasteiger partial charge in [0.15, 0.2) is 0 Å². The highest BCUT2D eigenvalue weighted by atomic mass is 35.5. The summed E-state index contributed by atoms with van der Waals surface area (Å²) in [6.07, 6.45) is 1.80. The van der Waals surface area contributed by atoms with E-state index in [1.165, 1.54) is 11.9 Å². The Balaban J connectivity index is 0.00000184. The van der Waals surface area contributed by atoms with E-state index < -0.39 is 0 Å². The summed E-state index contributed by atoms with van der Waals surface area (Å²) < 4.78 is 8.62. The molecule has 1 unspecified atom stereocenters. The lowest BCUT2D eigenvalue weighted by Gasteiger charge is -2.28. The summed E-state index contributed by atoms with van der Waals surface area (Å²) >= 11 is 13.5. The number of aliphatic hydroxyl groups is 1. The molecule has 1 saturated heterocycles. The highest BCUT2D eigenvalue weighted by Crippen LogP contribution is 2.27. The number of nitrogens with one attached hydrogen (secondary N) is 2. The first-order valence-corrected chi connectivity index (χ1v) is 12.3. The summed E-state index contributed by atoms with van der Waals surface area (Å²) in [6.45, 7) is 14.5. The standard InChI is InChI=1S/C17H27Cl2N3O2S.2C2H6/c18-14-3-4-17(16(19)11-14)25-21-6-2-1-5-20-12-15(23)13-22-7-9-24-10-8-22;2*1-2/h3-4,11,15,20-21,23H,1-2,5-10,12-13H2;2*1-2H3. The summed E-state index contributed by atoms with van der Waals surface area (Å²) in [6, 6.07) is 5.50. The molecule has 8 heteroatoms. The van der Waals surface area contributed by atoms with Crippen LogP contribution in [0.2, 0.25) is 10.0 Å². The van der Waals surface area contributed by atoms with Crippen molar-refractivity contribution in [2.24, 2.45) is 0 Å². The topological polar surface area (TPSA) is 56.8 Å². The Labute approximate surface area is 192 Å². The summed E-state index contributed by atoms with van der Waals surface area (Å²) in [4.78, 5) is 3.23. The fourth-order valence-electron chi connectivity index (χ4n) is 2.55. The van der Waals surface area contributed by atoms with Gasteiger partial charge in [-0.1, -0.05) is 50.9 Å². The van der Waals surface area contributed by atoms with Gasteiger partial charge in [0, 0.05) is 42.6 Å². The Kier molecular flexibility index (Phi) is 19.9. The van der Waals surface area contributed by atoms with E-state index in [2.05, 4.69) is 14.9 Å². The highest BCUT2D eigenvalue weighted by molar-refractivity contribution is 7.97. The van der Waals surface area contributed by atoms with Gasteiger partial charge in [-0.25, -0.2) is 0 Å². The smallest absolute Gasteiger partial charge is 0.0791 e. The van der Waals surface area contributed by atoms with Gasteiger partial charge in [0.05, 0.1) is 24.3 Å². The Morgan fingerprint density at radius 2 is 1.76 bits per heavy atom. The summed E-state index contributed by atoms with van der Waals surface area (Å²) in [5.74, 6) is 0. The number of β-amino-alcohol motifs (C(OH)–C–C–N with tert-alkyl or cyclic N) is 1. The average molecular weight is 469 g/mol. The number of rotatable bonds is 11. The Morgan fingerprint density at radius 1 is 1.10 bits per heavy atom. The third kappa shape index (κ3) is 14.6. The quantitative estimate of drug-likeness (QED) is 0.323. The summed E-state index contributed by atoms with van der Waals surface area (Å²) in [5, 5.41) is 14.7. The largest absolute Gasteiger partial charge is 0.390 e. The van der Waals surface area contributed by atoms with Crippen molar-refractivity contribution < 1.29 is 9.84 Å². The van der Waals surface area contributed by atoms with Crippen molar-refractivity contribution in [3.63, 3.8) is 0 Å². The van der Waals surface area contributed by atoms with Gasteiger partial charge in [-0.2, -0.15) is 0 Å². The van der Waals surface area contributed by atoms with E-state index in [1.54, 1.807) is 6.07 Å². The normalized spacial score (nSPS) is 15.0. The van der Waals surface area contributed by atoms with Gasteiger partial charge < -0.3 is 15.2 Å². The number of benzene rings is 1. The number of hydrogen-bond donors (Lipinski definition) is 3. The minimum atomic E-state index is -0.321. The van der Waals surface area contributed by atoms with Crippen LogP contribution < -0.4 is 10.0 Å². The van der Waals surface area contributed by atoms with Crippen molar-refractivity contribution in [1.82, 2.24) is 14.9 Å². The van der Waals surface area contributed by atoms with Crippen LogP contribution in [0.15, 0.2) is 23.1 Å². The summed E-state index contributed by atoms with van der Waals surface area (Å²) in [5.41, 5.74) is 0. The highest BCUT2D eigenvalue weighted by Gasteiger charge is 2.14. The molecule has 1 heterocycles. The predicted octanol–water partition coefficient (Wildman–Crippen LogP) is 4.71. The van der Waals surface area contributed by atoms with E-state index in [4.69, 9.17) is 27.9 Å². The number of morpholine rings is 1. The van der Waals surface area contributed by atoms with E-state index in [0.717, 1.165) is 63.7 Å². The molecule has 0 spiro atoms. The van der Waals surface area contributed by atoms with Crippen LogP contribution in [-0.2, 0) is 4.74 Å². The molecular weight excluding hydrogens is 429 g/mol. The minimum Gasteiger partial charge on any atom is -0.390 e. The fraction of sp³-hybridized carbons (Fsp3) is 0.714. The van der Waals surface area contributed by atoms with Gasteiger partial charge in [0.2, 0.25) is 0 Å². The van der Waals surface area contributed by atoms with Gasteiger partial charge in [-0.05, 0) is 49.5 Å². The molecule has 1 atom stereocenters. The van der Waals surface area contributed by atoms with Crippen molar-refractivity contribution in [3.8, 4) is 0 Å². The first kappa shape index (κ1) is 28.9. The van der Waals surface area contributed by atoms with Gasteiger partial charge in [0.25, 0.3) is 0 Å². The van der Waals surface area contributed by atoms with Gasteiger partial charge in [0.1, 0.15) is 0 Å². The van der Waals surface area contributed by atoms with Gasteiger partial charge >= 0.3 is 0 Å². The second-order valence-corrected chi connectivity index (χ2v) is 7.83. The van der Waals surface area contributed by atoms with Gasteiger partial charge in [-0.3, -0.25) is 9.62 Å². The third-order valence-electron chi connectivity index (χ3n) is 3.91. The van der Waals surface area contributed by atoms with Crippen LogP contribution in [0.4, 0.5) is 0 Å². The molecular formula is C21H39Cl2N3O2S. The second kappa shape index (κ2) is 19.9. The van der Waals surface area contributed by atoms with E-state index >= 15 is 0 Å². The van der Waals surface area contributed by atoms with Crippen LogP contribution >= 0.6 is 35.1 Å². The molecule has 0 bridgehead atoms. The molecule has 0 amide bonds. The predicted molar refractivity (Wildman–Crippen MR) is 128 cm³/mol. The van der Waals surface area contributed by atoms with E-state index in [9.17, 15) is 5.11 Å². The van der Waals surface area contributed by atoms with Crippen molar-refractivity contribution >= 4 is 35.1 Å². The maximum absolute atomic E-state index is 10.0. The molecule has 1 fully saturated rings. The molecule has 0 aromatic heterocycles. The number of ether oxygens (including phenoxy) is 1. The molecule has 1 aliphatic rings. The third-order valence-corrected chi connectivity index (χ3v) is 5.50. The molecule has 1 aromatic rings. The molecule has 1 aliphatic heterocycles. The SMILES string of the molecule is CC.CC.OC(CNCCCCNSc1ccc(Cl)cc1Cl)CN1CCOCC1. The molecule has 0 saturated carbocycles. The number of halogens is 2. The molecule has 29 heavy (non-hydrogen) atoms. The lowest BCUT2D eigenvalue weighted by Crippen LogP contribution is -2.43. The maximum Gasteiger partial charge on any atom is 0.0791 e. The second-order valence-electron chi connectivity index (χ2n) is 6.05. The average Bonchev–Trinajstić information content (AvgIpc) is 2.75. The zero-order valence-electron chi connectivity index (χ0n) is 18.3. The van der Waals surface area contributed by atoms with Crippen molar-refractivity contribution in [1.29, 1.82) is 0 Å².